The molecule has 90 valence electrons. The molecule has 1 atom stereocenters. The van der Waals surface area contributed by atoms with Gasteiger partial charge in [-0.25, -0.2) is 9.37 Å². The van der Waals surface area contributed by atoms with E-state index in [0.29, 0.717) is 12.2 Å². The topological polar surface area (TPSA) is 50.9 Å². The Hall–Kier alpha value is -1.75. The van der Waals surface area contributed by atoms with E-state index in [1.54, 1.807) is 24.7 Å². The van der Waals surface area contributed by atoms with Crippen molar-refractivity contribution in [2.45, 2.75) is 19.4 Å². The smallest absolute Gasteiger partial charge is 0.138 e. The van der Waals surface area contributed by atoms with E-state index in [9.17, 15) is 9.50 Å². The number of hydrogen-bond acceptors (Lipinski definition) is 3. The van der Waals surface area contributed by atoms with Crippen LogP contribution in [0.1, 0.15) is 23.1 Å². The van der Waals surface area contributed by atoms with E-state index in [1.807, 2.05) is 0 Å². The van der Waals surface area contributed by atoms with Crippen molar-refractivity contribution in [3.05, 3.63) is 47.3 Å². The normalized spacial score (nSPS) is 12.7. The summed E-state index contributed by atoms with van der Waals surface area (Å²) in [7, 11) is 1.77. The Morgan fingerprint density at radius 1 is 1.47 bits per heavy atom. The number of benzene rings is 1. The van der Waals surface area contributed by atoms with Crippen molar-refractivity contribution < 1.29 is 9.50 Å². The molecule has 1 unspecified atom stereocenters. The van der Waals surface area contributed by atoms with E-state index in [0.717, 1.165) is 11.1 Å². The molecule has 0 spiro atoms. The van der Waals surface area contributed by atoms with Gasteiger partial charge in [0, 0.05) is 13.5 Å². The van der Waals surface area contributed by atoms with Crippen molar-refractivity contribution in [2.75, 3.05) is 0 Å². The van der Waals surface area contributed by atoms with Crippen LogP contribution in [0.5, 0.6) is 0 Å². The predicted molar refractivity (Wildman–Crippen MR) is 60.8 cm³/mol. The third-order valence-corrected chi connectivity index (χ3v) is 2.77. The van der Waals surface area contributed by atoms with E-state index in [-0.39, 0.29) is 5.82 Å². The molecule has 2 rings (SSSR count). The maximum absolute atomic E-state index is 12.9. The van der Waals surface area contributed by atoms with Crippen LogP contribution in [0.15, 0.2) is 24.5 Å². The molecule has 0 saturated carbocycles. The predicted octanol–water partition coefficient (Wildman–Crippen LogP) is 1.54. The number of halogens is 1. The third kappa shape index (κ3) is 2.50. The fraction of sp³-hybridized carbons (Fsp3) is 0.333. The minimum atomic E-state index is -0.696. The SMILES string of the molecule is Cc1cc(F)ccc1C(O)Cc1ncnn1C. The highest BCUT2D eigenvalue weighted by Gasteiger charge is 2.14. The van der Waals surface area contributed by atoms with Gasteiger partial charge in [-0.05, 0) is 30.2 Å². The highest BCUT2D eigenvalue weighted by molar-refractivity contribution is 5.29. The zero-order valence-electron chi connectivity index (χ0n) is 9.76. The molecule has 4 nitrogen and oxygen atoms in total. The monoisotopic (exact) mass is 235 g/mol. The summed E-state index contributed by atoms with van der Waals surface area (Å²) in [5, 5.41) is 14.0. The molecule has 0 aliphatic heterocycles. The van der Waals surface area contributed by atoms with Gasteiger partial charge in [0.2, 0.25) is 0 Å². The van der Waals surface area contributed by atoms with Crippen molar-refractivity contribution in [3.8, 4) is 0 Å². The molecule has 1 aromatic heterocycles. The summed E-state index contributed by atoms with van der Waals surface area (Å²) in [6, 6.07) is 4.36. The molecule has 0 fully saturated rings. The van der Waals surface area contributed by atoms with Gasteiger partial charge in [0.25, 0.3) is 0 Å². The first-order valence-electron chi connectivity index (χ1n) is 5.35. The summed E-state index contributed by atoms with van der Waals surface area (Å²) < 4.78 is 14.6. The molecular formula is C12H14FN3O. The number of aliphatic hydroxyl groups is 1. The number of rotatable bonds is 3. The number of aromatic nitrogens is 3. The first-order valence-corrected chi connectivity index (χ1v) is 5.35. The first-order chi connectivity index (χ1) is 8.08. The molecule has 1 N–H and O–H groups in total. The lowest BCUT2D eigenvalue weighted by atomic mass is 10.0. The molecule has 1 aromatic carbocycles. The summed E-state index contributed by atoms with van der Waals surface area (Å²) in [4.78, 5) is 4.05. The van der Waals surface area contributed by atoms with Crippen LogP contribution < -0.4 is 0 Å². The molecule has 0 amide bonds. The summed E-state index contributed by atoms with van der Waals surface area (Å²) >= 11 is 0. The van der Waals surface area contributed by atoms with Crippen LogP contribution in [0.3, 0.4) is 0 Å². The van der Waals surface area contributed by atoms with Crippen LogP contribution in [0, 0.1) is 12.7 Å². The average molecular weight is 235 g/mol. The van der Waals surface area contributed by atoms with Crippen LogP contribution in [-0.4, -0.2) is 19.9 Å². The minimum absolute atomic E-state index is 0.294. The summed E-state index contributed by atoms with van der Waals surface area (Å²) in [5.74, 6) is 0.401. The number of aryl methyl sites for hydroxylation is 2. The Kier molecular flexibility index (Phi) is 3.19. The fourth-order valence-electron chi connectivity index (χ4n) is 1.80. The van der Waals surface area contributed by atoms with Crippen molar-refractivity contribution >= 4 is 0 Å². The van der Waals surface area contributed by atoms with E-state index >= 15 is 0 Å². The second-order valence-corrected chi connectivity index (χ2v) is 4.02. The molecule has 0 bridgehead atoms. The van der Waals surface area contributed by atoms with Crippen molar-refractivity contribution in [3.63, 3.8) is 0 Å². The van der Waals surface area contributed by atoms with Crippen LogP contribution in [0.2, 0.25) is 0 Å². The van der Waals surface area contributed by atoms with Gasteiger partial charge in [-0.3, -0.25) is 4.68 Å². The quantitative estimate of drug-likeness (QED) is 0.878. The van der Waals surface area contributed by atoms with Crippen molar-refractivity contribution in [2.24, 2.45) is 7.05 Å². The Morgan fingerprint density at radius 3 is 2.82 bits per heavy atom. The second kappa shape index (κ2) is 4.63. The lowest BCUT2D eigenvalue weighted by Gasteiger charge is -2.13. The van der Waals surface area contributed by atoms with E-state index in [4.69, 9.17) is 0 Å². The highest BCUT2D eigenvalue weighted by atomic mass is 19.1. The van der Waals surface area contributed by atoms with Gasteiger partial charge in [0.1, 0.15) is 18.0 Å². The van der Waals surface area contributed by atoms with Crippen LogP contribution in [-0.2, 0) is 13.5 Å². The van der Waals surface area contributed by atoms with Gasteiger partial charge >= 0.3 is 0 Å². The minimum Gasteiger partial charge on any atom is -0.388 e. The second-order valence-electron chi connectivity index (χ2n) is 4.02. The molecule has 0 saturated heterocycles. The van der Waals surface area contributed by atoms with Gasteiger partial charge in [-0.1, -0.05) is 6.07 Å². The first kappa shape index (κ1) is 11.7. The molecular weight excluding hydrogens is 221 g/mol. The average Bonchev–Trinajstić information content (AvgIpc) is 2.64. The van der Waals surface area contributed by atoms with Crippen LogP contribution in [0.25, 0.3) is 0 Å². The van der Waals surface area contributed by atoms with Gasteiger partial charge < -0.3 is 5.11 Å². The lowest BCUT2D eigenvalue weighted by Crippen LogP contribution is -2.09. The van der Waals surface area contributed by atoms with Gasteiger partial charge in [0.05, 0.1) is 6.10 Å². The Labute approximate surface area is 98.7 Å². The van der Waals surface area contributed by atoms with E-state index < -0.39 is 6.10 Å². The zero-order valence-corrected chi connectivity index (χ0v) is 9.76. The van der Waals surface area contributed by atoms with Gasteiger partial charge in [-0.2, -0.15) is 5.10 Å². The molecule has 1 heterocycles. The van der Waals surface area contributed by atoms with Crippen molar-refractivity contribution in [1.82, 2.24) is 14.8 Å². The van der Waals surface area contributed by atoms with Crippen molar-refractivity contribution in [1.29, 1.82) is 0 Å². The number of aliphatic hydroxyl groups excluding tert-OH is 1. The van der Waals surface area contributed by atoms with Gasteiger partial charge in [-0.15, -0.1) is 0 Å². The standard InChI is InChI=1S/C12H14FN3O/c1-8-5-9(13)3-4-10(8)11(17)6-12-14-7-15-16(12)2/h3-5,7,11,17H,6H2,1-2H3. The number of hydrogen-bond donors (Lipinski definition) is 1. The van der Waals surface area contributed by atoms with Crippen LogP contribution >= 0.6 is 0 Å². The highest BCUT2D eigenvalue weighted by Crippen LogP contribution is 2.21. The summed E-state index contributed by atoms with van der Waals surface area (Å²) in [6.07, 6.45) is 1.11. The molecule has 0 radical (unpaired) electrons. The van der Waals surface area contributed by atoms with E-state index in [1.165, 1.54) is 18.5 Å². The molecule has 0 aliphatic rings. The Bertz CT molecular complexity index is 524. The maximum atomic E-state index is 12.9. The summed E-state index contributed by atoms with van der Waals surface area (Å²) in [5.41, 5.74) is 1.45. The molecule has 2 aromatic rings. The number of nitrogens with zero attached hydrogens (tertiary/aromatic N) is 3. The third-order valence-electron chi connectivity index (χ3n) is 2.77. The summed E-state index contributed by atoms with van der Waals surface area (Å²) in [6.45, 7) is 1.78. The molecule has 0 aliphatic carbocycles. The molecule has 17 heavy (non-hydrogen) atoms. The van der Waals surface area contributed by atoms with Crippen LogP contribution in [0.4, 0.5) is 4.39 Å². The fourth-order valence-corrected chi connectivity index (χ4v) is 1.80. The van der Waals surface area contributed by atoms with Gasteiger partial charge in [0.15, 0.2) is 0 Å². The largest absolute Gasteiger partial charge is 0.388 e. The Morgan fingerprint density at radius 2 is 2.24 bits per heavy atom. The Balaban J connectivity index is 2.20. The zero-order chi connectivity index (χ0) is 12.4. The maximum Gasteiger partial charge on any atom is 0.138 e. The molecule has 5 heteroatoms. The lowest BCUT2D eigenvalue weighted by molar-refractivity contribution is 0.173. The van der Waals surface area contributed by atoms with E-state index in [2.05, 4.69) is 10.1 Å².